The number of unbranched alkanes of at least 4 members (excludes halogenated alkanes) is 1. The Morgan fingerprint density at radius 2 is 1.59 bits per heavy atom. The molecule has 0 aliphatic carbocycles. The van der Waals surface area contributed by atoms with Gasteiger partial charge in [-0.1, -0.05) is 24.3 Å². The highest BCUT2D eigenvalue weighted by Crippen LogP contribution is 2.22. The van der Waals surface area contributed by atoms with Crippen molar-refractivity contribution in [2.24, 2.45) is 0 Å². The normalized spacial score (nSPS) is 13.0. The van der Waals surface area contributed by atoms with Crippen LogP contribution in [0.2, 0.25) is 0 Å². The van der Waals surface area contributed by atoms with Crippen LogP contribution in [0, 0.1) is 5.82 Å². The Hall–Kier alpha value is -2.67. The maximum atomic E-state index is 13.5. The zero-order chi connectivity index (χ0) is 19.2. The molecule has 2 aromatic rings. The minimum absolute atomic E-state index is 0.175. The Balaban J connectivity index is 1.35. The predicted molar refractivity (Wildman–Crippen MR) is 103 cm³/mol. The SMILES string of the molecule is O=C(CSCCCCN1C(=O)c2ccccc2C1=O)Nc1ccccc1F. The van der Waals surface area contributed by atoms with Crippen LogP contribution in [0.25, 0.3) is 0 Å². The largest absolute Gasteiger partial charge is 0.323 e. The van der Waals surface area contributed by atoms with Crippen molar-refractivity contribution in [1.29, 1.82) is 0 Å². The first-order valence-electron chi connectivity index (χ1n) is 8.65. The number of amides is 3. The summed E-state index contributed by atoms with van der Waals surface area (Å²) in [4.78, 5) is 37.6. The fraction of sp³-hybridized carbons (Fsp3) is 0.250. The van der Waals surface area contributed by atoms with E-state index in [0.29, 0.717) is 29.8 Å². The molecule has 0 atom stereocenters. The van der Waals surface area contributed by atoms with Gasteiger partial charge >= 0.3 is 0 Å². The fourth-order valence-electron chi connectivity index (χ4n) is 2.83. The van der Waals surface area contributed by atoms with E-state index >= 15 is 0 Å². The Labute approximate surface area is 160 Å². The Kier molecular flexibility index (Phi) is 6.24. The summed E-state index contributed by atoms with van der Waals surface area (Å²) in [6, 6.07) is 12.9. The van der Waals surface area contributed by atoms with Crippen LogP contribution in [-0.2, 0) is 4.79 Å². The van der Waals surface area contributed by atoms with Crippen molar-refractivity contribution < 1.29 is 18.8 Å². The van der Waals surface area contributed by atoms with Crippen LogP contribution in [0.3, 0.4) is 0 Å². The topological polar surface area (TPSA) is 66.5 Å². The lowest BCUT2D eigenvalue weighted by atomic mass is 10.1. The molecular weight excluding hydrogens is 367 g/mol. The number of hydrogen-bond acceptors (Lipinski definition) is 4. The summed E-state index contributed by atoms with van der Waals surface area (Å²) in [6.45, 7) is 0.369. The van der Waals surface area contributed by atoms with Gasteiger partial charge in [-0.2, -0.15) is 11.8 Å². The molecule has 0 saturated heterocycles. The fourth-order valence-corrected chi connectivity index (χ4v) is 3.64. The number of para-hydroxylation sites is 1. The maximum absolute atomic E-state index is 13.5. The second kappa shape index (κ2) is 8.81. The number of thioether (sulfide) groups is 1. The number of benzene rings is 2. The second-order valence-corrected chi connectivity index (χ2v) is 7.20. The van der Waals surface area contributed by atoms with E-state index in [0.717, 1.165) is 6.42 Å². The van der Waals surface area contributed by atoms with E-state index in [1.807, 2.05) is 0 Å². The highest BCUT2D eigenvalue weighted by molar-refractivity contribution is 7.99. The van der Waals surface area contributed by atoms with Crippen LogP contribution in [-0.4, -0.2) is 40.7 Å². The molecule has 27 heavy (non-hydrogen) atoms. The maximum Gasteiger partial charge on any atom is 0.261 e. The third-order valence-corrected chi connectivity index (χ3v) is 5.22. The summed E-state index contributed by atoms with van der Waals surface area (Å²) >= 11 is 1.44. The van der Waals surface area contributed by atoms with E-state index in [4.69, 9.17) is 0 Å². The number of anilines is 1. The molecule has 0 unspecified atom stereocenters. The van der Waals surface area contributed by atoms with E-state index in [2.05, 4.69) is 5.32 Å². The first-order chi connectivity index (χ1) is 13.1. The van der Waals surface area contributed by atoms with Crippen molar-refractivity contribution in [2.75, 3.05) is 23.4 Å². The lowest BCUT2D eigenvalue weighted by Gasteiger charge is -2.13. The standard InChI is InChI=1S/C20H19FN2O3S/c21-16-9-3-4-10-17(16)22-18(24)13-27-12-6-5-11-23-19(25)14-7-1-2-8-15(14)20(23)26/h1-4,7-10H,5-6,11-13H2,(H,22,24). The van der Waals surface area contributed by atoms with Crippen molar-refractivity contribution in [1.82, 2.24) is 4.90 Å². The molecule has 0 saturated carbocycles. The van der Waals surface area contributed by atoms with Crippen molar-refractivity contribution >= 4 is 35.2 Å². The summed E-state index contributed by atoms with van der Waals surface area (Å²) in [5.41, 5.74) is 1.09. The Bertz CT molecular complexity index is 837. The third kappa shape index (κ3) is 4.54. The summed E-state index contributed by atoms with van der Waals surface area (Å²) in [5, 5.41) is 2.54. The second-order valence-electron chi connectivity index (χ2n) is 6.10. The van der Waals surface area contributed by atoms with Gasteiger partial charge < -0.3 is 5.32 Å². The van der Waals surface area contributed by atoms with E-state index in [1.165, 1.54) is 28.8 Å². The average molecular weight is 386 g/mol. The molecule has 0 aromatic heterocycles. The molecule has 5 nitrogen and oxygen atoms in total. The van der Waals surface area contributed by atoms with Crippen LogP contribution < -0.4 is 5.32 Å². The van der Waals surface area contributed by atoms with Gasteiger partial charge in [-0.15, -0.1) is 0 Å². The molecule has 3 rings (SSSR count). The van der Waals surface area contributed by atoms with Gasteiger partial charge in [0.1, 0.15) is 5.82 Å². The van der Waals surface area contributed by atoms with Gasteiger partial charge in [0.25, 0.3) is 11.8 Å². The van der Waals surface area contributed by atoms with Gasteiger partial charge in [0.05, 0.1) is 22.6 Å². The van der Waals surface area contributed by atoms with E-state index in [9.17, 15) is 18.8 Å². The third-order valence-electron chi connectivity index (χ3n) is 4.18. The molecule has 2 aromatic carbocycles. The van der Waals surface area contributed by atoms with Crippen LogP contribution in [0.1, 0.15) is 33.6 Å². The number of imide groups is 1. The van der Waals surface area contributed by atoms with Crippen LogP contribution in [0.15, 0.2) is 48.5 Å². The number of hydrogen-bond donors (Lipinski definition) is 1. The van der Waals surface area contributed by atoms with Crippen molar-refractivity contribution in [3.63, 3.8) is 0 Å². The summed E-state index contributed by atoms with van der Waals surface area (Å²) in [6.07, 6.45) is 1.44. The highest BCUT2D eigenvalue weighted by atomic mass is 32.2. The summed E-state index contributed by atoms with van der Waals surface area (Å²) < 4.78 is 13.5. The number of fused-ring (bicyclic) bond motifs is 1. The molecular formula is C20H19FN2O3S. The van der Waals surface area contributed by atoms with Crippen molar-refractivity contribution in [3.8, 4) is 0 Å². The van der Waals surface area contributed by atoms with Gasteiger partial charge in [-0.05, 0) is 42.9 Å². The quantitative estimate of drug-likeness (QED) is 0.556. The zero-order valence-electron chi connectivity index (χ0n) is 14.6. The molecule has 0 fully saturated rings. The van der Waals surface area contributed by atoms with E-state index in [-0.39, 0.29) is 29.2 Å². The molecule has 0 spiro atoms. The van der Waals surface area contributed by atoms with E-state index in [1.54, 1.807) is 36.4 Å². The monoisotopic (exact) mass is 386 g/mol. The van der Waals surface area contributed by atoms with Crippen LogP contribution in [0.4, 0.5) is 10.1 Å². The number of halogens is 1. The molecule has 7 heteroatoms. The van der Waals surface area contributed by atoms with Crippen LogP contribution >= 0.6 is 11.8 Å². The van der Waals surface area contributed by atoms with Gasteiger partial charge in [-0.25, -0.2) is 4.39 Å². The molecule has 0 bridgehead atoms. The first-order valence-corrected chi connectivity index (χ1v) is 9.81. The predicted octanol–water partition coefficient (Wildman–Crippen LogP) is 3.57. The molecule has 1 aliphatic rings. The minimum atomic E-state index is -0.461. The molecule has 1 aliphatic heterocycles. The van der Waals surface area contributed by atoms with Crippen LogP contribution in [0.5, 0.6) is 0 Å². The van der Waals surface area contributed by atoms with E-state index < -0.39 is 5.82 Å². The molecule has 1 heterocycles. The summed E-state index contributed by atoms with van der Waals surface area (Å²) in [5.74, 6) is -0.267. The van der Waals surface area contributed by atoms with Gasteiger partial charge in [0.15, 0.2) is 0 Å². The zero-order valence-corrected chi connectivity index (χ0v) is 15.4. The summed E-state index contributed by atoms with van der Waals surface area (Å²) in [7, 11) is 0. The lowest BCUT2D eigenvalue weighted by Crippen LogP contribution is -2.30. The van der Waals surface area contributed by atoms with Crippen molar-refractivity contribution in [3.05, 3.63) is 65.5 Å². The molecule has 0 radical (unpaired) electrons. The van der Waals surface area contributed by atoms with Crippen molar-refractivity contribution in [2.45, 2.75) is 12.8 Å². The van der Waals surface area contributed by atoms with Gasteiger partial charge in [-0.3, -0.25) is 19.3 Å². The molecule has 1 N–H and O–H groups in total. The molecule has 140 valence electrons. The minimum Gasteiger partial charge on any atom is -0.323 e. The number of nitrogens with one attached hydrogen (secondary N) is 1. The number of nitrogens with zero attached hydrogens (tertiary/aromatic N) is 1. The number of carbonyl (C=O) groups is 3. The molecule has 3 amide bonds. The number of rotatable bonds is 8. The first kappa shape index (κ1) is 19.1. The lowest BCUT2D eigenvalue weighted by molar-refractivity contribution is -0.113. The Morgan fingerprint density at radius 3 is 2.26 bits per heavy atom. The average Bonchev–Trinajstić information content (AvgIpc) is 2.91. The van der Waals surface area contributed by atoms with Gasteiger partial charge in [0.2, 0.25) is 5.91 Å². The smallest absolute Gasteiger partial charge is 0.261 e. The number of carbonyl (C=O) groups excluding carboxylic acids is 3. The Morgan fingerprint density at radius 1 is 0.963 bits per heavy atom. The highest BCUT2D eigenvalue weighted by Gasteiger charge is 2.34. The van der Waals surface area contributed by atoms with Gasteiger partial charge in [0, 0.05) is 6.54 Å².